The highest BCUT2D eigenvalue weighted by molar-refractivity contribution is 5.98. The number of hydrogen-bond acceptors (Lipinski definition) is 7. The first-order valence-electron chi connectivity index (χ1n) is 9.51. The van der Waals surface area contributed by atoms with E-state index in [-0.39, 0.29) is 18.6 Å². The Morgan fingerprint density at radius 1 is 0.931 bits per heavy atom. The second-order valence-electron chi connectivity index (χ2n) is 7.46. The summed E-state index contributed by atoms with van der Waals surface area (Å²) in [6, 6.07) is 16.0. The molecule has 0 spiro atoms. The van der Waals surface area contributed by atoms with Gasteiger partial charge in [-0.3, -0.25) is 9.59 Å². The van der Waals surface area contributed by atoms with Crippen molar-refractivity contribution in [3.63, 3.8) is 0 Å². The van der Waals surface area contributed by atoms with Crippen LogP contribution in [0.4, 0.5) is 0 Å². The van der Waals surface area contributed by atoms with Gasteiger partial charge in [0.25, 0.3) is 0 Å². The third-order valence-corrected chi connectivity index (χ3v) is 5.72. The van der Waals surface area contributed by atoms with Gasteiger partial charge in [-0.1, -0.05) is 18.2 Å². The molecule has 3 saturated heterocycles. The van der Waals surface area contributed by atoms with Gasteiger partial charge in [0.05, 0.1) is 36.2 Å². The maximum Gasteiger partial charge on any atom is 0.338 e. The van der Waals surface area contributed by atoms with Gasteiger partial charge in [-0.05, 0) is 42.8 Å². The molecule has 0 radical (unpaired) electrons. The van der Waals surface area contributed by atoms with Crippen molar-refractivity contribution in [1.82, 2.24) is 0 Å². The largest absolute Gasteiger partial charge is 0.462 e. The molecule has 7 heteroatoms. The average molecular weight is 394 g/mol. The molecular weight excluding hydrogens is 376 g/mol. The Kier molecular flexibility index (Phi) is 4.32. The van der Waals surface area contributed by atoms with Crippen molar-refractivity contribution in [2.45, 2.75) is 18.6 Å². The third kappa shape index (κ3) is 3.17. The Hall–Kier alpha value is -3.19. The quantitative estimate of drug-likeness (QED) is 0.569. The van der Waals surface area contributed by atoms with Crippen molar-refractivity contribution in [2.75, 3.05) is 6.61 Å². The number of benzene rings is 2. The number of fused-ring (bicyclic) bond motifs is 5. The molecule has 5 atom stereocenters. The number of hydrogen-bond donors (Lipinski definition) is 0. The van der Waals surface area contributed by atoms with Crippen molar-refractivity contribution < 1.29 is 33.3 Å². The van der Waals surface area contributed by atoms with Gasteiger partial charge in [-0.25, -0.2) is 4.79 Å². The number of ether oxygens (including phenoxy) is 4. The fourth-order valence-electron chi connectivity index (χ4n) is 4.37. The first-order chi connectivity index (χ1) is 14.1. The van der Waals surface area contributed by atoms with Gasteiger partial charge in [0, 0.05) is 5.92 Å². The van der Waals surface area contributed by atoms with Crippen LogP contribution in [0.3, 0.4) is 0 Å². The van der Waals surface area contributed by atoms with Crippen molar-refractivity contribution in [3.8, 4) is 11.5 Å². The molecule has 0 unspecified atom stereocenters. The average Bonchev–Trinajstić information content (AvgIpc) is 3.40. The van der Waals surface area contributed by atoms with Gasteiger partial charge in [0.1, 0.15) is 11.5 Å². The first kappa shape index (κ1) is 17.9. The Morgan fingerprint density at radius 2 is 1.62 bits per heavy atom. The molecule has 3 aliphatic heterocycles. The molecule has 3 aliphatic rings. The molecule has 2 bridgehead atoms. The van der Waals surface area contributed by atoms with Crippen LogP contribution in [0.1, 0.15) is 16.8 Å². The monoisotopic (exact) mass is 394 g/mol. The molecule has 0 N–H and O–H groups in total. The number of cyclic esters (lactones) is 2. The Morgan fingerprint density at radius 3 is 2.38 bits per heavy atom. The van der Waals surface area contributed by atoms with E-state index in [2.05, 4.69) is 0 Å². The Labute approximate surface area is 166 Å². The molecule has 0 amide bonds. The van der Waals surface area contributed by atoms with Crippen molar-refractivity contribution in [2.24, 2.45) is 17.8 Å². The van der Waals surface area contributed by atoms with E-state index in [1.807, 2.05) is 30.3 Å². The normalized spacial score (nSPS) is 29.4. The van der Waals surface area contributed by atoms with E-state index in [1.165, 1.54) is 0 Å². The number of carbonyl (C=O) groups excluding carboxylic acids is 3. The van der Waals surface area contributed by atoms with Crippen LogP contribution < -0.4 is 4.74 Å². The van der Waals surface area contributed by atoms with Crippen LogP contribution in [0.15, 0.2) is 54.6 Å². The molecule has 3 heterocycles. The Balaban J connectivity index is 1.18. The highest BCUT2D eigenvalue weighted by Crippen LogP contribution is 2.50. The summed E-state index contributed by atoms with van der Waals surface area (Å²) in [5, 5.41) is 0. The van der Waals surface area contributed by atoms with E-state index in [9.17, 15) is 14.4 Å². The van der Waals surface area contributed by atoms with Crippen LogP contribution in [-0.2, 0) is 23.8 Å². The molecule has 0 aliphatic carbocycles. The van der Waals surface area contributed by atoms with Crippen LogP contribution in [0.5, 0.6) is 11.5 Å². The van der Waals surface area contributed by atoms with E-state index >= 15 is 0 Å². The van der Waals surface area contributed by atoms with Crippen LogP contribution in [-0.4, -0.2) is 36.7 Å². The summed E-state index contributed by atoms with van der Waals surface area (Å²) in [7, 11) is 0. The summed E-state index contributed by atoms with van der Waals surface area (Å²) in [6.07, 6.45) is -0.189. The molecular formula is C22H18O7. The molecule has 2 aromatic rings. The van der Waals surface area contributed by atoms with E-state index in [0.717, 1.165) is 0 Å². The van der Waals surface area contributed by atoms with Crippen LogP contribution in [0.2, 0.25) is 0 Å². The lowest BCUT2D eigenvalue weighted by Gasteiger charge is -2.23. The topological polar surface area (TPSA) is 88.1 Å². The van der Waals surface area contributed by atoms with Gasteiger partial charge in [0.2, 0.25) is 0 Å². The molecule has 5 rings (SSSR count). The van der Waals surface area contributed by atoms with Crippen LogP contribution in [0, 0.1) is 17.8 Å². The zero-order valence-corrected chi connectivity index (χ0v) is 15.4. The SMILES string of the molecule is O=C(OC[C@H]1C[C@@H]2O[C@H]1[C@H]1C(=O)OC(=O)[C@H]12)c1ccc(Oc2ccccc2)cc1. The Bertz CT molecular complexity index is 953. The lowest BCUT2D eigenvalue weighted by atomic mass is 9.75. The predicted octanol–water partition coefficient (Wildman–Crippen LogP) is 2.74. The summed E-state index contributed by atoms with van der Waals surface area (Å²) < 4.78 is 21.6. The number of carbonyl (C=O) groups is 3. The number of esters is 3. The lowest BCUT2D eigenvalue weighted by Crippen LogP contribution is -2.37. The zero-order valence-electron chi connectivity index (χ0n) is 15.4. The van der Waals surface area contributed by atoms with Gasteiger partial charge in [0.15, 0.2) is 0 Å². The van der Waals surface area contributed by atoms with Gasteiger partial charge < -0.3 is 18.9 Å². The highest BCUT2D eigenvalue weighted by atomic mass is 16.6. The van der Waals surface area contributed by atoms with E-state index < -0.39 is 35.8 Å². The van der Waals surface area contributed by atoms with Crippen molar-refractivity contribution >= 4 is 17.9 Å². The second kappa shape index (κ2) is 7.00. The summed E-state index contributed by atoms with van der Waals surface area (Å²) in [4.78, 5) is 36.0. The lowest BCUT2D eigenvalue weighted by molar-refractivity contribution is -0.156. The zero-order chi connectivity index (χ0) is 20.0. The van der Waals surface area contributed by atoms with Crippen molar-refractivity contribution in [1.29, 1.82) is 0 Å². The summed E-state index contributed by atoms with van der Waals surface area (Å²) >= 11 is 0. The van der Waals surface area contributed by atoms with E-state index in [4.69, 9.17) is 18.9 Å². The van der Waals surface area contributed by atoms with Crippen molar-refractivity contribution in [3.05, 3.63) is 60.2 Å². The maximum absolute atomic E-state index is 12.4. The highest BCUT2D eigenvalue weighted by Gasteiger charge is 2.64. The third-order valence-electron chi connectivity index (χ3n) is 5.72. The molecule has 0 aromatic heterocycles. The van der Waals surface area contributed by atoms with E-state index in [1.54, 1.807) is 24.3 Å². The first-order valence-corrected chi connectivity index (χ1v) is 9.51. The van der Waals surface area contributed by atoms with E-state index in [0.29, 0.717) is 23.5 Å². The summed E-state index contributed by atoms with van der Waals surface area (Å²) in [5.74, 6) is -1.36. The minimum absolute atomic E-state index is 0.121. The molecule has 7 nitrogen and oxygen atoms in total. The van der Waals surface area contributed by atoms with Crippen LogP contribution >= 0.6 is 0 Å². The summed E-state index contributed by atoms with van der Waals surface area (Å²) in [6.45, 7) is 0.132. The molecule has 148 valence electrons. The molecule has 0 saturated carbocycles. The molecule has 29 heavy (non-hydrogen) atoms. The molecule has 3 fully saturated rings. The van der Waals surface area contributed by atoms with Gasteiger partial charge in [-0.15, -0.1) is 0 Å². The predicted molar refractivity (Wildman–Crippen MR) is 98.1 cm³/mol. The van der Waals surface area contributed by atoms with Gasteiger partial charge in [-0.2, -0.15) is 0 Å². The number of rotatable bonds is 5. The number of para-hydroxylation sites is 1. The smallest absolute Gasteiger partial charge is 0.338 e. The second-order valence-corrected chi connectivity index (χ2v) is 7.46. The van der Waals surface area contributed by atoms with Crippen LogP contribution in [0.25, 0.3) is 0 Å². The fourth-order valence-corrected chi connectivity index (χ4v) is 4.37. The minimum Gasteiger partial charge on any atom is -0.462 e. The fraction of sp³-hybridized carbons (Fsp3) is 0.318. The summed E-state index contributed by atoms with van der Waals surface area (Å²) in [5.41, 5.74) is 0.405. The minimum atomic E-state index is -0.570. The standard InChI is InChI=1S/C22H18O7/c23-20(12-6-8-15(9-7-12)27-14-4-2-1-3-5-14)26-11-13-10-16-17-18(19(13)28-16)22(25)29-21(17)24/h1-9,13,16-19H,10-11H2/t13-,16+,17+,18+,19-/m1/s1. The maximum atomic E-state index is 12.4. The molecule has 2 aromatic carbocycles. The van der Waals surface area contributed by atoms with Gasteiger partial charge >= 0.3 is 17.9 Å².